The van der Waals surface area contributed by atoms with Crippen LogP contribution in [0, 0.1) is 0 Å². The van der Waals surface area contributed by atoms with Gasteiger partial charge in [-0.1, -0.05) is 0 Å². The molecular formula is C8H11N5S. The third kappa shape index (κ3) is 1.67. The van der Waals surface area contributed by atoms with Gasteiger partial charge in [0.05, 0.1) is 5.69 Å². The predicted octanol–water partition coefficient (Wildman–Crippen LogP) is 0.429. The first-order chi connectivity index (χ1) is 6.81. The molecule has 2 rings (SSSR count). The quantitative estimate of drug-likeness (QED) is 0.568. The molecule has 6 heteroatoms. The van der Waals surface area contributed by atoms with Crippen LogP contribution in [0.3, 0.4) is 0 Å². The summed E-state index contributed by atoms with van der Waals surface area (Å²) in [6.45, 7) is 0. The molecule has 0 bridgehead atoms. The first-order valence-corrected chi connectivity index (χ1v) is 4.95. The lowest BCUT2D eigenvalue weighted by molar-refractivity contribution is 0.611. The Hall–Kier alpha value is -1.24. The van der Waals surface area contributed by atoms with Crippen LogP contribution in [-0.4, -0.2) is 14.2 Å². The largest absolute Gasteiger partial charge is 0.275 e. The van der Waals surface area contributed by atoms with Crippen LogP contribution in [0.4, 0.5) is 0 Å². The lowest BCUT2D eigenvalue weighted by Crippen LogP contribution is -2.28. The molecule has 5 nitrogen and oxygen atoms in total. The molecule has 3 N–H and O–H groups in total. The van der Waals surface area contributed by atoms with Crippen molar-refractivity contribution < 1.29 is 0 Å². The summed E-state index contributed by atoms with van der Waals surface area (Å²) in [4.78, 5) is 1.06. The Morgan fingerprint density at radius 2 is 2.43 bits per heavy atom. The highest BCUT2D eigenvalue weighted by Crippen LogP contribution is 2.21. The zero-order valence-electron chi connectivity index (χ0n) is 7.71. The molecule has 0 radical (unpaired) electrons. The number of aromatic nitrogens is 3. The van der Waals surface area contributed by atoms with E-state index in [0.29, 0.717) is 0 Å². The number of hydrogen-bond acceptors (Lipinski definition) is 5. The number of rotatable bonds is 3. The van der Waals surface area contributed by atoms with E-state index in [1.54, 1.807) is 10.9 Å². The summed E-state index contributed by atoms with van der Waals surface area (Å²) in [5.74, 6) is 5.48. The third-order valence-corrected chi connectivity index (χ3v) is 2.75. The van der Waals surface area contributed by atoms with E-state index in [0.717, 1.165) is 10.6 Å². The van der Waals surface area contributed by atoms with Crippen molar-refractivity contribution in [1.29, 1.82) is 0 Å². The summed E-state index contributed by atoms with van der Waals surface area (Å²) >= 11 is 1.42. The van der Waals surface area contributed by atoms with E-state index in [9.17, 15) is 0 Å². The van der Waals surface area contributed by atoms with Crippen molar-refractivity contribution in [3.63, 3.8) is 0 Å². The predicted molar refractivity (Wildman–Crippen MR) is 54.5 cm³/mol. The molecule has 0 aliphatic carbocycles. The van der Waals surface area contributed by atoms with Gasteiger partial charge in [-0.25, -0.2) is 9.80 Å². The third-order valence-electron chi connectivity index (χ3n) is 1.94. The smallest absolute Gasteiger partial charge is 0.101 e. The number of nitrogens with two attached hydrogens (primary N) is 1. The summed E-state index contributed by atoms with van der Waals surface area (Å²) in [6.07, 6.45) is 3.65. The summed E-state index contributed by atoms with van der Waals surface area (Å²) in [5.41, 5.74) is 3.63. The number of hydrazine groups is 1. The van der Waals surface area contributed by atoms with Crippen molar-refractivity contribution in [2.45, 2.75) is 6.04 Å². The average Bonchev–Trinajstić information content (AvgIpc) is 2.79. The minimum absolute atomic E-state index is 0.0660. The molecule has 0 fully saturated rings. The number of aryl methyl sites for hydroxylation is 1. The van der Waals surface area contributed by atoms with Gasteiger partial charge in [-0.15, -0.1) is 0 Å². The highest BCUT2D eigenvalue weighted by Gasteiger charge is 2.16. The zero-order valence-corrected chi connectivity index (χ0v) is 8.53. The van der Waals surface area contributed by atoms with E-state index < -0.39 is 0 Å². The van der Waals surface area contributed by atoms with E-state index in [1.165, 1.54) is 11.5 Å². The topological polar surface area (TPSA) is 68.8 Å². The molecule has 0 spiro atoms. The van der Waals surface area contributed by atoms with Crippen molar-refractivity contribution in [1.82, 2.24) is 19.6 Å². The highest BCUT2D eigenvalue weighted by molar-refractivity contribution is 7.05. The van der Waals surface area contributed by atoms with Crippen molar-refractivity contribution >= 4 is 11.5 Å². The Balaban J connectivity index is 2.31. The second-order valence-corrected chi connectivity index (χ2v) is 3.79. The number of nitrogens with zero attached hydrogens (tertiary/aromatic N) is 3. The zero-order chi connectivity index (χ0) is 9.97. The van der Waals surface area contributed by atoms with Crippen LogP contribution >= 0.6 is 11.5 Å². The molecule has 2 heterocycles. The summed E-state index contributed by atoms with van der Waals surface area (Å²) < 4.78 is 5.79. The Labute approximate surface area is 85.7 Å². The van der Waals surface area contributed by atoms with Gasteiger partial charge in [0, 0.05) is 24.3 Å². The van der Waals surface area contributed by atoms with Gasteiger partial charge in [0.15, 0.2) is 0 Å². The molecule has 0 saturated heterocycles. The van der Waals surface area contributed by atoms with Crippen LogP contribution in [0.15, 0.2) is 24.5 Å². The SMILES string of the molecule is Cn1ccc(C(NN)c2ccns2)n1. The standard InChI is InChI=1S/C8H11N5S/c1-13-5-3-6(12-13)8(11-9)7-2-4-10-14-7/h2-5,8,11H,9H2,1H3. The van der Waals surface area contributed by atoms with E-state index >= 15 is 0 Å². The fraction of sp³-hybridized carbons (Fsp3) is 0.250. The lowest BCUT2D eigenvalue weighted by atomic mass is 10.2. The van der Waals surface area contributed by atoms with Gasteiger partial charge in [-0.05, 0) is 23.7 Å². The first kappa shape index (κ1) is 9.32. The van der Waals surface area contributed by atoms with Crippen LogP contribution in [0.1, 0.15) is 16.6 Å². The first-order valence-electron chi connectivity index (χ1n) is 4.17. The van der Waals surface area contributed by atoms with Gasteiger partial charge in [-0.3, -0.25) is 10.5 Å². The molecule has 1 unspecified atom stereocenters. The minimum Gasteiger partial charge on any atom is -0.275 e. The normalized spacial score (nSPS) is 13.0. The molecule has 74 valence electrons. The van der Waals surface area contributed by atoms with Gasteiger partial charge in [-0.2, -0.15) is 5.10 Å². The van der Waals surface area contributed by atoms with E-state index in [4.69, 9.17) is 5.84 Å². The molecule has 0 amide bonds. The summed E-state index contributed by atoms with van der Waals surface area (Å²) in [6, 6.07) is 3.80. The van der Waals surface area contributed by atoms with Crippen molar-refractivity contribution in [2.75, 3.05) is 0 Å². The molecule has 0 saturated carbocycles. The van der Waals surface area contributed by atoms with Crippen LogP contribution in [0.5, 0.6) is 0 Å². The Bertz CT molecular complexity index is 394. The van der Waals surface area contributed by atoms with Crippen LogP contribution < -0.4 is 11.3 Å². The van der Waals surface area contributed by atoms with E-state index in [1.807, 2.05) is 25.4 Å². The fourth-order valence-corrected chi connectivity index (χ4v) is 1.93. The second-order valence-electron chi connectivity index (χ2n) is 2.93. The van der Waals surface area contributed by atoms with E-state index in [-0.39, 0.29) is 6.04 Å². The summed E-state index contributed by atoms with van der Waals surface area (Å²) in [5, 5.41) is 4.29. The number of nitrogens with one attached hydrogen (secondary N) is 1. The van der Waals surface area contributed by atoms with Gasteiger partial charge in [0.2, 0.25) is 0 Å². The van der Waals surface area contributed by atoms with Gasteiger partial charge >= 0.3 is 0 Å². The monoisotopic (exact) mass is 209 g/mol. The maximum absolute atomic E-state index is 5.48. The Morgan fingerprint density at radius 3 is 2.93 bits per heavy atom. The maximum Gasteiger partial charge on any atom is 0.101 e. The molecule has 14 heavy (non-hydrogen) atoms. The van der Waals surface area contributed by atoms with Crippen LogP contribution in [0.2, 0.25) is 0 Å². The minimum atomic E-state index is -0.0660. The molecule has 1 atom stereocenters. The lowest BCUT2D eigenvalue weighted by Gasteiger charge is -2.09. The van der Waals surface area contributed by atoms with Crippen molar-refractivity contribution in [3.05, 3.63) is 35.1 Å². The molecule has 0 aliphatic rings. The molecule has 0 aromatic carbocycles. The van der Waals surface area contributed by atoms with Crippen molar-refractivity contribution in [3.8, 4) is 0 Å². The van der Waals surface area contributed by atoms with Gasteiger partial charge in [0.25, 0.3) is 0 Å². The Morgan fingerprint density at radius 1 is 1.57 bits per heavy atom. The molecule has 2 aromatic heterocycles. The fourth-order valence-electron chi connectivity index (χ4n) is 1.27. The summed E-state index contributed by atoms with van der Waals surface area (Å²) in [7, 11) is 1.88. The van der Waals surface area contributed by atoms with E-state index in [2.05, 4.69) is 14.9 Å². The Kier molecular flexibility index (Phi) is 2.58. The highest BCUT2D eigenvalue weighted by atomic mass is 32.1. The van der Waals surface area contributed by atoms with Gasteiger partial charge < -0.3 is 0 Å². The molecular weight excluding hydrogens is 198 g/mol. The van der Waals surface area contributed by atoms with Crippen molar-refractivity contribution in [2.24, 2.45) is 12.9 Å². The molecule has 0 aliphatic heterocycles. The average molecular weight is 209 g/mol. The molecule has 2 aromatic rings. The maximum atomic E-state index is 5.48. The van der Waals surface area contributed by atoms with Crippen LogP contribution in [0.25, 0.3) is 0 Å². The van der Waals surface area contributed by atoms with Crippen LogP contribution in [-0.2, 0) is 7.05 Å². The second kappa shape index (κ2) is 3.87. The van der Waals surface area contributed by atoms with Gasteiger partial charge in [0.1, 0.15) is 6.04 Å². The number of hydrogen-bond donors (Lipinski definition) is 2.